The second kappa shape index (κ2) is 6.03. The van der Waals surface area contributed by atoms with E-state index in [0.717, 1.165) is 26.5 Å². The maximum absolute atomic E-state index is 10.4. The number of aryl methyl sites for hydroxylation is 2. The second-order valence-corrected chi connectivity index (χ2v) is 6.50. The molecule has 0 aliphatic rings. The highest BCUT2D eigenvalue weighted by atomic mass is 79.9. The molecule has 102 valence electrons. The zero-order valence-corrected chi connectivity index (χ0v) is 13.5. The highest BCUT2D eigenvalue weighted by Gasteiger charge is 2.15. The number of thiazole rings is 1. The van der Waals surface area contributed by atoms with Crippen LogP contribution in [0.15, 0.2) is 22.7 Å². The first-order chi connectivity index (χ1) is 9.01. The summed E-state index contributed by atoms with van der Waals surface area (Å²) >= 11 is 5.10. The van der Waals surface area contributed by atoms with Crippen LogP contribution >= 0.6 is 27.3 Å². The van der Waals surface area contributed by atoms with Crippen LogP contribution in [0.1, 0.15) is 27.2 Å². The number of ether oxygens (including phenoxy) is 1. The van der Waals surface area contributed by atoms with E-state index in [1.165, 1.54) is 4.88 Å². The third-order valence-electron chi connectivity index (χ3n) is 3.00. The molecule has 0 amide bonds. The van der Waals surface area contributed by atoms with Crippen LogP contribution in [0.25, 0.3) is 0 Å². The lowest BCUT2D eigenvalue weighted by Crippen LogP contribution is -2.03. The lowest BCUT2D eigenvalue weighted by atomic mass is 10.1. The zero-order valence-electron chi connectivity index (χ0n) is 11.1. The van der Waals surface area contributed by atoms with Gasteiger partial charge in [-0.25, -0.2) is 4.98 Å². The van der Waals surface area contributed by atoms with Gasteiger partial charge in [0.15, 0.2) is 0 Å². The lowest BCUT2D eigenvalue weighted by molar-refractivity contribution is 0.177. The van der Waals surface area contributed by atoms with Gasteiger partial charge in [-0.15, -0.1) is 11.3 Å². The van der Waals surface area contributed by atoms with Crippen molar-refractivity contribution in [3.8, 4) is 5.75 Å². The molecule has 0 bridgehead atoms. The highest BCUT2D eigenvalue weighted by Crippen LogP contribution is 2.30. The minimum Gasteiger partial charge on any atom is -0.497 e. The number of nitrogens with zero attached hydrogens (tertiary/aromatic N) is 1. The van der Waals surface area contributed by atoms with Crippen molar-refractivity contribution in [3.63, 3.8) is 0 Å². The van der Waals surface area contributed by atoms with Gasteiger partial charge in [0.05, 0.1) is 23.9 Å². The van der Waals surface area contributed by atoms with Crippen LogP contribution in [0.3, 0.4) is 0 Å². The molecule has 1 heterocycles. The Labute approximate surface area is 125 Å². The van der Waals surface area contributed by atoms with Crippen LogP contribution < -0.4 is 4.74 Å². The maximum Gasteiger partial charge on any atom is 0.119 e. The SMILES string of the molecule is COc1ccc(Br)c(C(O)Cc2nc(C)c(C)s2)c1. The summed E-state index contributed by atoms with van der Waals surface area (Å²) in [4.78, 5) is 5.66. The Morgan fingerprint density at radius 1 is 1.42 bits per heavy atom. The Morgan fingerprint density at radius 2 is 2.16 bits per heavy atom. The van der Waals surface area contributed by atoms with E-state index >= 15 is 0 Å². The van der Waals surface area contributed by atoms with E-state index in [4.69, 9.17) is 4.74 Å². The highest BCUT2D eigenvalue weighted by molar-refractivity contribution is 9.10. The van der Waals surface area contributed by atoms with Crippen molar-refractivity contribution in [3.05, 3.63) is 43.8 Å². The molecule has 0 aliphatic carbocycles. The van der Waals surface area contributed by atoms with Gasteiger partial charge in [0, 0.05) is 15.8 Å². The number of hydrogen-bond donors (Lipinski definition) is 1. The molecule has 1 unspecified atom stereocenters. The molecule has 1 aromatic carbocycles. The molecule has 0 spiro atoms. The largest absolute Gasteiger partial charge is 0.497 e. The predicted octanol–water partition coefficient (Wildman–Crippen LogP) is 3.81. The molecule has 0 fully saturated rings. The van der Waals surface area contributed by atoms with Crippen LogP contribution in [-0.4, -0.2) is 17.2 Å². The van der Waals surface area contributed by atoms with Crippen LogP contribution in [0, 0.1) is 13.8 Å². The van der Waals surface area contributed by atoms with Gasteiger partial charge in [-0.05, 0) is 37.6 Å². The van der Waals surface area contributed by atoms with E-state index in [-0.39, 0.29) is 0 Å². The summed E-state index contributed by atoms with van der Waals surface area (Å²) in [6, 6.07) is 5.59. The fourth-order valence-electron chi connectivity index (χ4n) is 1.81. The van der Waals surface area contributed by atoms with Crippen LogP contribution in [0.2, 0.25) is 0 Å². The number of hydrogen-bond acceptors (Lipinski definition) is 4. The maximum atomic E-state index is 10.4. The first kappa shape index (κ1) is 14.5. The van der Waals surface area contributed by atoms with Crippen LogP contribution in [0.5, 0.6) is 5.75 Å². The normalized spacial score (nSPS) is 12.5. The molecule has 1 atom stereocenters. The summed E-state index contributed by atoms with van der Waals surface area (Å²) in [5.74, 6) is 0.740. The number of rotatable bonds is 4. The summed E-state index contributed by atoms with van der Waals surface area (Å²) in [6.45, 7) is 4.04. The van der Waals surface area contributed by atoms with Crippen molar-refractivity contribution in [2.45, 2.75) is 26.4 Å². The summed E-state index contributed by atoms with van der Waals surface area (Å²) in [6.07, 6.45) is -0.0695. The van der Waals surface area contributed by atoms with Gasteiger partial charge in [-0.2, -0.15) is 0 Å². The Kier molecular flexibility index (Phi) is 4.60. The van der Waals surface area contributed by atoms with Crippen molar-refractivity contribution in [2.24, 2.45) is 0 Å². The number of methoxy groups -OCH3 is 1. The number of benzene rings is 1. The Hall–Kier alpha value is -0.910. The topological polar surface area (TPSA) is 42.4 Å². The first-order valence-electron chi connectivity index (χ1n) is 5.95. The smallest absolute Gasteiger partial charge is 0.119 e. The third kappa shape index (κ3) is 3.35. The average Bonchev–Trinajstić information content (AvgIpc) is 2.68. The molecule has 3 nitrogen and oxygen atoms in total. The van der Waals surface area contributed by atoms with Crippen molar-refractivity contribution < 1.29 is 9.84 Å². The quantitative estimate of drug-likeness (QED) is 0.919. The lowest BCUT2D eigenvalue weighted by Gasteiger charge is -2.13. The third-order valence-corrected chi connectivity index (χ3v) is 4.82. The van der Waals surface area contributed by atoms with E-state index in [2.05, 4.69) is 20.9 Å². The van der Waals surface area contributed by atoms with Gasteiger partial charge in [0.2, 0.25) is 0 Å². The summed E-state index contributed by atoms with van der Waals surface area (Å²) in [5, 5.41) is 11.3. The molecule has 19 heavy (non-hydrogen) atoms. The van der Waals surface area contributed by atoms with Gasteiger partial charge in [0.25, 0.3) is 0 Å². The molecule has 5 heteroatoms. The van der Waals surface area contributed by atoms with Gasteiger partial charge in [-0.1, -0.05) is 15.9 Å². The monoisotopic (exact) mass is 341 g/mol. The van der Waals surface area contributed by atoms with Crippen LogP contribution in [0.4, 0.5) is 0 Å². The van der Waals surface area contributed by atoms with E-state index in [1.54, 1.807) is 18.4 Å². The molecule has 0 saturated carbocycles. The molecule has 0 radical (unpaired) electrons. The molecule has 0 aliphatic heterocycles. The summed E-state index contributed by atoms with van der Waals surface area (Å²) in [5.41, 5.74) is 1.86. The predicted molar refractivity (Wildman–Crippen MR) is 80.9 cm³/mol. The Balaban J connectivity index is 2.21. The van der Waals surface area contributed by atoms with E-state index in [1.807, 2.05) is 32.0 Å². The summed E-state index contributed by atoms with van der Waals surface area (Å²) in [7, 11) is 1.62. The zero-order chi connectivity index (χ0) is 14.0. The van der Waals surface area contributed by atoms with Crippen molar-refractivity contribution in [1.82, 2.24) is 4.98 Å². The number of aliphatic hydroxyl groups is 1. The number of aliphatic hydroxyl groups excluding tert-OH is 1. The number of halogens is 1. The molecule has 2 rings (SSSR count). The fourth-order valence-corrected chi connectivity index (χ4v) is 3.29. The summed E-state index contributed by atoms with van der Waals surface area (Å²) < 4.78 is 6.07. The molecular weight excluding hydrogens is 326 g/mol. The average molecular weight is 342 g/mol. The number of aromatic nitrogens is 1. The molecule has 1 N–H and O–H groups in total. The van der Waals surface area contributed by atoms with Crippen LogP contribution in [-0.2, 0) is 6.42 Å². The van der Waals surface area contributed by atoms with E-state index in [9.17, 15) is 5.11 Å². The Bertz CT molecular complexity index is 563. The van der Waals surface area contributed by atoms with Gasteiger partial charge in [-0.3, -0.25) is 0 Å². The minimum atomic E-state index is -0.588. The van der Waals surface area contributed by atoms with Gasteiger partial charge in [0.1, 0.15) is 5.75 Å². The molecule has 1 aromatic heterocycles. The minimum absolute atomic E-state index is 0.519. The van der Waals surface area contributed by atoms with E-state index < -0.39 is 6.10 Å². The van der Waals surface area contributed by atoms with Crippen molar-refractivity contribution >= 4 is 27.3 Å². The van der Waals surface area contributed by atoms with Crippen molar-refractivity contribution in [2.75, 3.05) is 7.11 Å². The Morgan fingerprint density at radius 3 is 2.74 bits per heavy atom. The van der Waals surface area contributed by atoms with Gasteiger partial charge >= 0.3 is 0 Å². The molecule has 0 saturated heterocycles. The molecular formula is C14H16BrNO2S. The standard InChI is InChI=1S/C14H16BrNO2S/c1-8-9(2)19-14(16-8)7-13(17)11-6-10(18-3)4-5-12(11)15/h4-6,13,17H,7H2,1-3H3. The molecule has 2 aromatic rings. The first-order valence-corrected chi connectivity index (χ1v) is 7.56. The van der Waals surface area contributed by atoms with E-state index in [0.29, 0.717) is 6.42 Å². The van der Waals surface area contributed by atoms with Crippen molar-refractivity contribution in [1.29, 1.82) is 0 Å². The van der Waals surface area contributed by atoms with Gasteiger partial charge < -0.3 is 9.84 Å². The second-order valence-electron chi connectivity index (χ2n) is 4.36. The fraction of sp³-hybridized carbons (Fsp3) is 0.357.